The molecule has 0 amide bonds. The summed E-state index contributed by atoms with van der Waals surface area (Å²) in [7, 11) is 4.12. The first kappa shape index (κ1) is 15.7. The molecular formula is C18H23FN2. The van der Waals surface area contributed by atoms with Gasteiger partial charge in [-0.2, -0.15) is 0 Å². The minimum absolute atomic E-state index is 0.141. The lowest BCUT2D eigenvalue weighted by Crippen LogP contribution is -2.30. The summed E-state index contributed by atoms with van der Waals surface area (Å²) in [5.74, 6) is -0.141. The van der Waals surface area contributed by atoms with E-state index >= 15 is 0 Å². The van der Waals surface area contributed by atoms with E-state index in [0.717, 1.165) is 12.1 Å². The molecule has 0 aliphatic rings. The zero-order valence-electron chi connectivity index (χ0n) is 12.9. The van der Waals surface area contributed by atoms with Gasteiger partial charge in [0.15, 0.2) is 0 Å². The molecular weight excluding hydrogens is 263 g/mol. The molecule has 0 radical (unpaired) electrons. The third kappa shape index (κ3) is 4.66. The lowest BCUT2D eigenvalue weighted by molar-refractivity contribution is 0.340. The van der Waals surface area contributed by atoms with E-state index in [0.29, 0.717) is 12.1 Å². The largest absolute Gasteiger partial charge is 0.308 e. The third-order valence-corrected chi connectivity index (χ3v) is 3.54. The molecule has 2 nitrogen and oxygen atoms in total. The standard InChI is InChI=1S/C18H23FN2/c1-14-9-10-15(11-17(14)19)12-20-18(13-21(2)3)16-7-5-4-6-8-16/h4-11,18,20H,12-13H2,1-3H3. The van der Waals surface area contributed by atoms with Crippen LogP contribution in [0.3, 0.4) is 0 Å². The van der Waals surface area contributed by atoms with Crippen LogP contribution in [0, 0.1) is 12.7 Å². The van der Waals surface area contributed by atoms with Gasteiger partial charge in [0.05, 0.1) is 0 Å². The van der Waals surface area contributed by atoms with Crippen molar-refractivity contribution in [3.8, 4) is 0 Å². The molecule has 0 saturated carbocycles. The summed E-state index contributed by atoms with van der Waals surface area (Å²) < 4.78 is 13.6. The van der Waals surface area contributed by atoms with E-state index in [-0.39, 0.29) is 11.9 Å². The molecule has 0 aromatic heterocycles. The second-order valence-electron chi connectivity index (χ2n) is 5.69. The second-order valence-corrected chi connectivity index (χ2v) is 5.69. The highest BCUT2D eigenvalue weighted by molar-refractivity contribution is 5.24. The van der Waals surface area contributed by atoms with E-state index in [1.54, 1.807) is 13.0 Å². The van der Waals surface area contributed by atoms with Crippen molar-refractivity contribution in [1.29, 1.82) is 0 Å². The van der Waals surface area contributed by atoms with E-state index < -0.39 is 0 Å². The number of aryl methyl sites for hydroxylation is 1. The van der Waals surface area contributed by atoms with E-state index in [1.165, 1.54) is 5.56 Å². The molecule has 21 heavy (non-hydrogen) atoms. The minimum Gasteiger partial charge on any atom is -0.308 e. The molecule has 0 aliphatic heterocycles. The SMILES string of the molecule is Cc1ccc(CNC(CN(C)C)c2ccccc2)cc1F. The Labute approximate surface area is 126 Å². The number of nitrogens with zero attached hydrogens (tertiary/aromatic N) is 1. The Morgan fingerprint density at radius 1 is 1.10 bits per heavy atom. The van der Waals surface area contributed by atoms with E-state index in [2.05, 4.69) is 36.4 Å². The van der Waals surface area contributed by atoms with E-state index in [4.69, 9.17) is 0 Å². The number of hydrogen-bond acceptors (Lipinski definition) is 2. The molecule has 0 bridgehead atoms. The summed E-state index contributed by atoms with van der Waals surface area (Å²) in [5, 5.41) is 3.52. The Bertz CT molecular complexity index is 567. The van der Waals surface area contributed by atoms with Crippen LogP contribution < -0.4 is 5.32 Å². The zero-order chi connectivity index (χ0) is 15.2. The summed E-state index contributed by atoms with van der Waals surface area (Å²) >= 11 is 0. The Kier molecular flexibility index (Phi) is 5.48. The number of hydrogen-bond donors (Lipinski definition) is 1. The predicted octanol–water partition coefficient (Wildman–Crippen LogP) is 3.53. The van der Waals surface area contributed by atoms with Crippen molar-refractivity contribution in [2.45, 2.75) is 19.5 Å². The van der Waals surface area contributed by atoms with Crippen molar-refractivity contribution in [2.75, 3.05) is 20.6 Å². The molecule has 0 aliphatic carbocycles. The van der Waals surface area contributed by atoms with Gasteiger partial charge in [-0.25, -0.2) is 4.39 Å². The van der Waals surface area contributed by atoms with Crippen LogP contribution >= 0.6 is 0 Å². The molecule has 1 N–H and O–H groups in total. The Hall–Kier alpha value is -1.71. The van der Waals surface area contributed by atoms with Crippen LogP contribution in [0.2, 0.25) is 0 Å². The fourth-order valence-electron chi connectivity index (χ4n) is 2.33. The summed E-state index contributed by atoms with van der Waals surface area (Å²) in [5.41, 5.74) is 2.91. The predicted molar refractivity (Wildman–Crippen MR) is 85.7 cm³/mol. The van der Waals surface area contributed by atoms with E-state index in [1.807, 2.05) is 30.3 Å². The van der Waals surface area contributed by atoms with Crippen LogP contribution in [0.1, 0.15) is 22.7 Å². The van der Waals surface area contributed by atoms with Crippen molar-refractivity contribution in [3.05, 3.63) is 71.0 Å². The van der Waals surface area contributed by atoms with Crippen LogP contribution in [0.4, 0.5) is 4.39 Å². The summed E-state index contributed by atoms with van der Waals surface area (Å²) in [6.07, 6.45) is 0. The molecule has 2 aromatic rings. The molecule has 0 saturated heterocycles. The summed E-state index contributed by atoms with van der Waals surface area (Å²) in [6, 6.07) is 16.0. The van der Waals surface area contributed by atoms with Crippen LogP contribution in [0.15, 0.2) is 48.5 Å². The van der Waals surface area contributed by atoms with Gasteiger partial charge in [-0.1, -0.05) is 42.5 Å². The highest BCUT2D eigenvalue weighted by atomic mass is 19.1. The van der Waals surface area contributed by atoms with Crippen LogP contribution in [0.5, 0.6) is 0 Å². The topological polar surface area (TPSA) is 15.3 Å². The third-order valence-electron chi connectivity index (χ3n) is 3.54. The Morgan fingerprint density at radius 2 is 1.81 bits per heavy atom. The van der Waals surface area contributed by atoms with Gasteiger partial charge < -0.3 is 10.2 Å². The van der Waals surface area contributed by atoms with Crippen LogP contribution in [-0.2, 0) is 6.54 Å². The lowest BCUT2D eigenvalue weighted by Gasteiger charge is -2.23. The maximum atomic E-state index is 13.6. The van der Waals surface area contributed by atoms with Gasteiger partial charge in [0.2, 0.25) is 0 Å². The summed E-state index contributed by atoms with van der Waals surface area (Å²) in [4.78, 5) is 2.15. The first-order chi connectivity index (χ1) is 10.1. The fraction of sp³-hybridized carbons (Fsp3) is 0.333. The number of benzene rings is 2. The molecule has 112 valence electrons. The Balaban J connectivity index is 2.07. The second kappa shape index (κ2) is 7.34. The van der Waals surface area contributed by atoms with Crippen molar-refractivity contribution in [1.82, 2.24) is 10.2 Å². The fourth-order valence-corrected chi connectivity index (χ4v) is 2.33. The van der Waals surface area contributed by atoms with Gasteiger partial charge in [0, 0.05) is 19.1 Å². The lowest BCUT2D eigenvalue weighted by atomic mass is 10.1. The highest BCUT2D eigenvalue weighted by Gasteiger charge is 2.12. The molecule has 1 unspecified atom stereocenters. The van der Waals surface area contributed by atoms with Gasteiger partial charge in [-0.3, -0.25) is 0 Å². The van der Waals surface area contributed by atoms with E-state index in [9.17, 15) is 4.39 Å². The first-order valence-corrected chi connectivity index (χ1v) is 7.24. The van der Waals surface area contributed by atoms with Gasteiger partial charge in [0.25, 0.3) is 0 Å². The normalized spacial score (nSPS) is 12.6. The molecule has 2 aromatic carbocycles. The monoisotopic (exact) mass is 286 g/mol. The highest BCUT2D eigenvalue weighted by Crippen LogP contribution is 2.15. The summed E-state index contributed by atoms with van der Waals surface area (Å²) in [6.45, 7) is 3.34. The molecule has 0 fully saturated rings. The number of nitrogens with one attached hydrogen (secondary N) is 1. The molecule has 2 rings (SSSR count). The van der Waals surface area contributed by atoms with Gasteiger partial charge in [-0.05, 0) is 43.8 Å². The number of halogens is 1. The average molecular weight is 286 g/mol. The number of rotatable bonds is 6. The zero-order valence-corrected chi connectivity index (χ0v) is 12.9. The van der Waals surface area contributed by atoms with Gasteiger partial charge in [-0.15, -0.1) is 0 Å². The van der Waals surface area contributed by atoms with Gasteiger partial charge in [0.1, 0.15) is 5.82 Å². The molecule has 0 heterocycles. The minimum atomic E-state index is -0.141. The number of likely N-dealkylation sites (N-methyl/N-ethyl adjacent to an activating group) is 1. The molecule has 1 atom stereocenters. The smallest absolute Gasteiger partial charge is 0.126 e. The van der Waals surface area contributed by atoms with Crippen molar-refractivity contribution in [3.63, 3.8) is 0 Å². The quantitative estimate of drug-likeness (QED) is 0.874. The Morgan fingerprint density at radius 3 is 2.43 bits per heavy atom. The first-order valence-electron chi connectivity index (χ1n) is 7.24. The van der Waals surface area contributed by atoms with Crippen LogP contribution in [0.25, 0.3) is 0 Å². The maximum Gasteiger partial charge on any atom is 0.126 e. The van der Waals surface area contributed by atoms with Crippen molar-refractivity contribution >= 4 is 0 Å². The van der Waals surface area contributed by atoms with Gasteiger partial charge >= 0.3 is 0 Å². The molecule has 3 heteroatoms. The average Bonchev–Trinajstić information content (AvgIpc) is 2.47. The van der Waals surface area contributed by atoms with Crippen LogP contribution in [-0.4, -0.2) is 25.5 Å². The molecule has 0 spiro atoms. The van der Waals surface area contributed by atoms with Crippen molar-refractivity contribution in [2.24, 2.45) is 0 Å². The van der Waals surface area contributed by atoms with Crippen molar-refractivity contribution < 1.29 is 4.39 Å². The maximum absolute atomic E-state index is 13.6.